The van der Waals surface area contributed by atoms with Gasteiger partial charge >= 0.3 is 0 Å². The normalized spacial score (nSPS) is 11.0. The minimum atomic E-state index is -0.00147. The summed E-state index contributed by atoms with van der Waals surface area (Å²) in [7, 11) is 4.03. The van der Waals surface area contributed by atoms with Gasteiger partial charge in [-0.25, -0.2) is 4.98 Å². The number of likely N-dealkylation sites (N-methyl/N-ethyl adjacent to an activating group) is 1. The standard InChI is InChI=1S/C25H29N3O2S/c1-5-28(16-21-6-11-23(12-7-21)27(3)4)25(29)15-10-20-8-13-24(14-9-20)30-17-22-18-31-19(2)26-22/h6-15,18H,5,16-17H2,1-4H3/b15-10+. The van der Waals surface area contributed by atoms with E-state index in [1.54, 1.807) is 17.4 Å². The lowest BCUT2D eigenvalue weighted by Crippen LogP contribution is -2.28. The number of thiazole rings is 1. The monoisotopic (exact) mass is 435 g/mol. The van der Waals surface area contributed by atoms with E-state index in [0.717, 1.165) is 33.3 Å². The van der Waals surface area contributed by atoms with Crippen LogP contribution in [-0.2, 0) is 17.9 Å². The number of aromatic nitrogens is 1. The molecular weight excluding hydrogens is 406 g/mol. The minimum Gasteiger partial charge on any atom is -0.487 e. The van der Waals surface area contributed by atoms with E-state index in [2.05, 4.69) is 34.1 Å². The highest BCUT2D eigenvalue weighted by atomic mass is 32.1. The predicted octanol–water partition coefficient (Wildman–Crippen LogP) is 5.16. The van der Waals surface area contributed by atoms with Crippen LogP contribution in [0.2, 0.25) is 0 Å². The summed E-state index contributed by atoms with van der Waals surface area (Å²) in [6.45, 7) is 5.68. The van der Waals surface area contributed by atoms with Crippen molar-refractivity contribution >= 4 is 29.0 Å². The van der Waals surface area contributed by atoms with Crippen LogP contribution in [0.15, 0.2) is 60.0 Å². The van der Waals surface area contributed by atoms with Crippen molar-refractivity contribution in [2.45, 2.75) is 27.0 Å². The van der Waals surface area contributed by atoms with Gasteiger partial charge in [-0.3, -0.25) is 4.79 Å². The van der Waals surface area contributed by atoms with Crippen LogP contribution in [-0.4, -0.2) is 36.4 Å². The Hall–Kier alpha value is -3.12. The van der Waals surface area contributed by atoms with Crippen molar-refractivity contribution in [3.8, 4) is 5.75 Å². The van der Waals surface area contributed by atoms with Crippen molar-refractivity contribution in [3.63, 3.8) is 0 Å². The first-order valence-corrected chi connectivity index (χ1v) is 11.2. The van der Waals surface area contributed by atoms with Gasteiger partial charge in [0, 0.05) is 44.3 Å². The number of carbonyl (C=O) groups is 1. The van der Waals surface area contributed by atoms with E-state index < -0.39 is 0 Å². The van der Waals surface area contributed by atoms with E-state index in [1.165, 1.54) is 0 Å². The lowest BCUT2D eigenvalue weighted by molar-refractivity contribution is -0.126. The summed E-state index contributed by atoms with van der Waals surface area (Å²) in [5.74, 6) is 0.781. The second kappa shape index (κ2) is 10.8. The molecule has 0 saturated carbocycles. The fraction of sp³-hybridized carbons (Fsp3) is 0.280. The predicted molar refractivity (Wildman–Crippen MR) is 129 cm³/mol. The minimum absolute atomic E-state index is 0.00147. The molecule has 0 fully saturated rings. The molecule has 0 aliphatic heterocycles. The molecule has 0 radical (unpaired) electrons. The number of amides is 1. The second-order valence-electron chi connectivity index (χ2n) is 7.46. The Balaban J connectivity index is 1.54. The zero-order valence-corrected chi connectivity index (χ0v) is 19.4. The number of nitrogens with zero attached hydrogens (tertiary/aromatic N) is 3. The average Bonchev–Trinajstić information content (AvgIpc) is 3.20. The first-order chi connectivity index (χ1) is 14.9. The molecule has 1 aromatic heterocycles. The molecule has 0 aliphatic rings. The van der Waals surface area contributed by atoms with Gasteiger partial charge in [-0.2, -0.15) is 0 Å². The first-order valence-electron chi connectivity index (χ1n) is 10.3. The van der Waals surface area contributed by atoms with Gasteiger partial charge in [0.25, 0.3) is 0 Å². The van der Waals surface area contributed by atoms with Crippen molar-refractivity contribution in [1.82, 2.24) is 9.88 Å². The highest BCUT2D eigenvalue weighted by Gasteiger charge is 2.09. The molecule has 162 valence electrons. The third-order valence-corrected chi connectivity index (χ3v) is 5.69. The maximum atomic E-state index is 12.7. The first kappa shape index (κ1) is 22.6. The van der Waals surface area contributed by atoms with Crippen LogP contribution < -0.4 is 9.64 Å². The van der Waals surface area contributed by atoms with Crippen LogP contribution in [0, 0.1) is 6.92 Å². The Morgan fingerprint density at radius 3 is 2.39 bits per heavy atom. The zero-order valence-electron chi connectivity index (χ0n) is 18.5. The molecule has 1 heterocycles. The highest BCUT2D eigenvalue weighted by Crippen LogP contribution is 2.17. The van der Waals surface area contributed by atoms with Gasteiger partial charge in [0.1, 0.15) is 12.4 Å². The molecule has 2 aromatic carbocycles. The largest absolute Gasteiger partial charge is 0.487 e. The van der Waals surface area contributed by atoms with Crippen LogP contribution in [0.5, 0.6) is 5.75 Å². The van der Waals surface area contributed by atoms with Crippen LogP contribution in [0.25, 0.3) is 6.08 Å². The van der Waals surface area contributed by atoms with Gasteiger partial charge < -0.3 is 14.5 Å². The fourth-order valence-corrected chi connectivity index (χ4v) is 3.64. The van der Waals surface area contributed by atoms with Crippen molar-refractivity contribution in [1.29, 1.82) is 0 Å². The average molecular weight is 436 g/mol. The van der Waals surface area contributed by atoms with E-state index >= 15 is 0 Å². The van der Waals surface area contributed by atoms with E-state index in [0.29, 0.717) is 19.7 Å². The lowest BCUT2D eigenvalue weighted by Gasteiger charge is -2.20. The van der Waals surface area contributed by atoms with Crippen molar-refractivity contribution in [2.24, 2.45) is 0 Å². The summed E-state index contributed by atoms with van der Waals surface area (Å²) >= 11 is 1.62. The summed E-state index contributed by atoms with van der Waals surface area (Å²) in [6, 6.07) is 16.0. The van der Waals surface area contributed by atoms with Gasteiger partial charge in [-0.1, -0.05) is 24.3 Å². The number of ether oxygens (including phenoxy) is 1. The van der Waals surface area contributed by atoms with Gasteiger partial charge in [0.2, 0.25) is 5.91 Å². The molecule has 0 saturated heterocycles. The fourth-order valence-electron chi connectivity index (χ4n) is 3.05. The number of anilines is 1. The van der Waals surface area contributed by atoms with E-state index in [9.17, 15) is 4.79 Å². The number of hydrogen-bond donors (Lipinski definition) is 0. The number of carbonyl (C=O) groups excluding carboxylic acids is 1. The maximum Gasteiger partial charge on any atom is 0.246 e. The smallest absolute Gasteiger partial charge is 0.246 e. The summed E-state index contributed by atoms with van der Waals surface area (Å²) in [5.41, 5.74) is 4.16. The molecule has 0 bridgehead atoms. The number of rotatable bonds is 9. The topological polar surface area (TPSA) is 45.7 Å². The molecule has 0 N–H and O–H groups in total. The summed E-state index contributed by atoms with van der Waals surface area (Å²) in [4.78, 5) is 20.9. The summed E-state index contributed by atoms with van der Waals surface area (Å²) in [5, 5.41) is 3.05. The maximum absolute atomic E-state index is 12.7. The molecule has 0 unspecified atom stereocenters. The second-order valence-corrected chi connectivity index (χ2v) is 8.52. The Bertz CT molecular complexity index is 1010. The van der Waals surface area contributed by atoms with Gasteiger partial charge in [-0.05, 0) is 55.3 Å². The molecule has 1 amide bonds. The SMILES string of the molecule is CCN(Cc1ccc(N(C)C)cc1)C(=O)/C=C/c1ccc(OCc2csc(C)n2)cc1. The number of hydrogen-bond acceptors (Lipinski definition) is 5. The molecule has 0 aliphatic carbocycles. The molecule has 6 heteroatoms. The lowest BCUT2D eigenvalue weighted by atomic mass is 10.1. The number of benzene rings is 2. The van der Waals surface area contributed by atoms with E-state index in [4.69, 9.17) is 4.74 Å². The van der Waals surface area contributed by atoms with E-state index in [-0.39, 0.29) is 5.91 Å². The third kappa shape index (κ3) is 6.69. The molecule has 0 spiro atoms. The molecule has 3 rings (SSSR count). The van der Waals surface area contributed by atoms with Crippen LogP contribution in [0.4, 0.5) is 5.69 Å². The zero-order chi connectivity index (χ0) is 22.2. The summed E-state index contributed by atoms with van der Waals surface area (Å²) < 4.78 is 5.77. The van der Waals surface area contributed by atoms with Crippen LogP contribution in [0.1, 0.15) is 28.8 Å². The van der Waals surface area contributed by atoms with Crippen LogP contribution >= 0.6 is 11.3 Å². The summed E-state index contributed by atoms with van der Waals surface area (Å²) in [6.07, 6.45) is 3.47. The van der Waals surface area contributed by atoms with Gasteiger partial charge in [0.05, 0.1) is 10.7 Å². The number of aryl methyl sites for hydroxylation is 1. The van der Waals surface area contributed by atoms with Crippen molar-refractivity contribution < 1.29 is 9.53 Å². The molecule has 0 atom stereocenters. The molecule has 31 heavy (non-hydrogen) atoms. The van der Waals surface area contributed by atoms with E-state index in [1.807, 2.05) is 68.6 Å². The van der Waals surface area contributed by atoms with Crippen molar-refractivity contribution in [3.05, 3.63) is 81.8 Å². The third-order valence-electron chi connectivity index (χ3n) is 4.87. The van der Waals surface area contributed by atoms with Crippen molar-refractivity contribution in [2.75, 3.05) is 25.5 Å². The Kier molecular flexibility index (Phi) is 7.84. The molecule has 5 nitrogen and oxygen atoms in total. The molecular formula is C25H29N3O2S. The van der Waals surface area contributed by atoms with Crippen LogP contribution in [0.3, 0.4) is 0 Å². The van der Waals surface area contributed by atoms with Gasteiger partial charge in [-0.15, -0.1) is 11.3 Å². The highest BCUT2D eigenvalue weighted by molar-refractivity contribution is 7.09. The Morgan fingerprint density at radius 2 is 1.81 bits per heavy atom. The van der Waals surface area contributed by atoms with Gasteiger partial charge in [0.15, 0.2) is 0 Å². The molecule has 3 aromatic rings. The Morgan fingerprint density at radius 1 is 1.10 bits per heavy atom. The quantitative estimate of drug-likeness (QED) is 0.436. The Labute approximate surface area is 188 Å².